The number of hydrogen-bond donors (Lipinski definition) is 2. The molecule has 1 fully saturated rings. The maximum atomic E-state index is 13.1. The zero-order valence-electron chi connectivity index (χ0n) is 19.0. The molecule has 8 nitrogen and oxygen atoms in total. The molecule has 1 aromatic carbocycles. The van der Waals surface area contributed by atoms with Crippen LogP contribution in [0, 0.1) is 0 Å². The number of halogens is 3. The lowest BCUT2D eigenvalue weighted by Crippen LogP contribution is -2.43. The number of aromatic nitrogens is 2. The topological polar surface area (TPSA) is 96.5 Å². The molecule has 5 rings (SSSR count). The summed E-state index contributed by atoms with van der Waals surface area (Å²) < 4.78 is 29.8. The second-order valence-electron chi connectivity index (χ2n) is 8.62. The van der Waals surface area contributed by atoms with Crippen molar-refractivity contribution < 1.29 is 23.1 Å². The van der Waals surface area contributed by atoms with Gasteiger partial charge in [0, 0.05) is 53.0 Å². The van der Waals surface area contributed by atoms with Crippen LogP contribution in [-0.2, 0) is 6.54 Å². The standard InChI is InChI=1S/C25H22ClF2N5O3/c26-25(27,28)36-20-3-1-18(2-4-20)32-23(34)17-9-15(11-30-12-17)16-10-21-22(31-13-16)14-33(24(21)35)19-5-7-29-8-6-19/h1-4,9-13,19,29H,5-8,14H2,(H,32,34). The second kappa shape index (κ2) is 9.79. The molecule has 2 N–H and O–H groups in total. The Morgan fingerprint density at radius 2 is 1.83 bits per heavy atom. The van der Waals surface area contributed by atoms with Crippen molar-refractivity contribution >= 4 is 29.1 Å². The number of hydrogen-bond acceptors (Lipinski definition) is 6. The molecular weight excluding hydrogens is 492 g/mol. The van der Waals surface area contributed by atoms with E-state index in [4.69, 9.17) is 11.6 Å². The monoisotopic (exact) mass is 513 g/mol. The highest BCUT2D eigenvalue weighted by Crippen LogP contribution is 2.30. The molecule has 2 aliphatic rings. The molecule has 4 heterocycles. The highest BCUT2D eigenvalue weighted by atomic mass is 35.5. The number of ether oxygens (including phenoxy) is 1. The predicted molar refractivity (Wildman–Crippen MR) is 129 cm³/mol. The summed E-state index contributed by atoms with van der Waals surface area (Å²) in [7, 11) is 0. The van der Waals surface area contributed by atoms with Crippen molar-refractivity contribution in [2.24, 2.45) is 0 Å². The van der Waals surface area contributed by atoms with E-state index in [1.807, 2.05) is 4.90 Å². The molecule has 1 saturated heterocycles. The largest absolute Gasteiger partial charge is 0.487 e. The predicted octanol–water partition coefficient (Wildman–Crippen LogP) is 4.27. The van der Waals surface area contributed by atoms with Crippen molar-refractivity contribution in [3.05, 3.63) is 71.8 Å². The molecule has 0 radical (unpaired) electrons. The van der Waals surface area contributed by atoms with E-state index in [9.17, 15) is 18.4 Å². The summed E-state index contributed by atoms with van der Waals surface area (Å²) in [6.07, 6.45) is 6.53. The Hall–Kier alpha value is -3.63. The molecule has 0 aliphatic carbocycles. The quantitative estimate of drug-likeness (QED) is 0.478. The summed E-state index contributed by atoms with van der Waals surface area (Å²) in [4.78, 5) is 36.4. The van der Waals surface area contributed by atoms with Crippen LogP contribution < -0.4 is 15.4 Å². The highest BCUT2D eigenvalue weighted by molar-refractivity contribution is 6.20. The molecule has 36 heavy (non-hydrogen) atoms. The summed E-state index contributed by atoms with van der Waals surface area (Å²) in [5.74, 6) is -0.607. The molecule has 2 aliphatic heterocycles. The molecule has 0 atom stereocenters. The number of amides is 2. The van der Waals surface area contributed by atoms with Gasteiger partial charge in [0.25, 0.3) is 11.8 Å². The van der Waals surface area contributed by atoms with Crippen LogP contribution in [0.3, 0.4) is 0 Å². The fourth-order valence-electron chi connectivity index (χ4n) is 4.43. The third-order valence-electron chi connectivity index (χ3n) is 6.21. The Labute approximate surface area is 210 Å². The van der Waals surface area contributed by atoms with Gasteiger partial charge >= 0.3 is 5.57 Å². The van der Waals surface area contributed by atoms with Gasteiger partial charge in [0.2, 0.25) is 0 Å². The first-order chi connectivity index (χ1) is 17.3. The normalized spacial score (nSPS) is 16.1. The second-order valence-corrected chi connectivity index (χ2v) is 9.06. The summed E-state index contributed by atoms with van der Waals surface area (Å²) in [5, 5.41) is 6.00. The fraction of sp³-hybridized carbons (Fsp3) is 0.280. The van der Waals surface area contributed by atoms with Crippen molar-refractivity contribution in [1.82, 2.24) is 20.2 Å². The number of nitrogens with one attached hydrogen (secondary N) is 2. The zero-order valence-corrected chi connectivity index (χ0v) is 19.8. The lowest BCUT2D eigenvalue weighted by atomic mass is 10.0. The Bertz CT molecular complexity index is 1290. The zero-order chi connectivity index (χ0) is 25.3. The molecule has 0 unspecified atom stereocenters. The first kappa shape index (κ1) is 24.1. The fourth-order valence-corrected chi connectivity index (χ4v) is 4.52. The number of fused-ring (bicyclic) bond motifs is 1. The number of alkyl halides is 3. The number of pyridine rings is 2. The van der Waals surface area contributed by atoms with Gasteiger partial charge in [-0.2, -0.15) is 0 Å². The Kier molecular flexibility index (Phi) is 6.55. The number of carbonyl (C=O) groups is 2. The number of carbonyl (C=O) groups excluding carboxylic acids is 2. The van der Waals surface area contributed by atoms with Crippen molar-refractivity contribution in [2.75, 3.05) is 18.4 Å². The molecule has 186 valence electrons. The van der Waals surface area contributed by atoms with E-state index in [0.29, 0.717) is 28.9 Å². The van der Waals surface area contributed by atoms with Gasteiger partial charge in [-0.15, -0.1) is 8.78 Å². The van der Waals surface area contributed by atoms with Crippen molar-refractivity contribution in [2.45, 2.75) is 31.0 Å². The van der Waals surface area contributed by atoms with Gasteiger partial charge in [-0.05, 0) is 62.3 Å². The van der Waals surface area contributed by atoms with E-state index < -0.39 is 11.5 Å². The lowest BCUT2D eigenvalue weighted by molar-refractivity contribution is -0.0964. The summed E-state index contributed by atoms with van der Waals surface area (Å²) in [6.45, 7) is 2.29. The van der Waals surface area contributed by atoms with Gasteiger partial charge in [-0.25, -0.2) is 0 Å². The van der Waals surface area contributed by atoms with Crippen LogP contribution in [0.5, 0.6) is 5.75 Å². The molecule has 3 aromatic rings. The summed E-state index contributed by atoms with van der Waals surface area (Å²) in [6, 6.07) is 9.02. The number of rotatable bonds is 6. The van der Waals surface area contributed by atoms with Crippen molar-refractivity contribution in [3.8, 4) is 16.9 Å². The SMILES string of the molecule is O=C(Nc1ccc(OC(F)(F)Cl)cc1)c1cncc(-c2cnc3c(c2)C(=O)N(C2CCNCC2)C3)c1. The molecule has 0 spiro atoms. The molecule has 2 aromatic heterocycles. The minimum absolute atomic E-state index is 0.0209. The van der Waals surface area contributed by atoms with Gasteiger partial charge in [0.1, 0.15) is 5.75 Å². The van der Waals surface area contributed by atoms with E-state index in [1.165, 1.54) is 30.5 Å². The molecule has 0 saturated carbocycles. The van der Waals surface area contributed by atoms with Gasteiger partial charge in [0.05, 0.1) is 23.4 Å². The van der Waals surface area contributed by atoms with E-state index in [1.54, 1.807) is 24.5 Å². The van der Waals surface area contributed by atoms with Crippen LogP contribution in [0.1, 0.15) is 39.3 Å². The third-order valence-corrected chi connectivity index (χ3v) is 6.29. The van der Waals surface area contributed by atoms with Crippen LogP contribution in [0.15, 0.2) is 55.0 Å². The Balaban J connectivity index is 1.30. The van der Waals surface area contributed by atoms with Crippen molar-refractivity contribution in [1.29, 1.82) is 0 Å². The minimum Gasteiger partial charge on any atom is -0.420 e. The molecule has 11 heteroatoms. The number of benzene rings is 1. The third kappa shape index (κ3) is 5.29. The first-order valence-corrected chi connectivity index (χ1v) is 11.8. The van der Waals surface area contributed by atoms with Gasteiger partial charge in [-0.3, -0.25) is 19.6 Å². The smallest absolute Gasteiger partial charge is 0.420 e. The summed E-state index contributed by atoms with van der Waals surface area (Å²) >= 11 is 4.76. The highest BCUT2D eigenvalue weighted by Gasteiger charge is 2.34. The molecule has 2 amide bonds. The van der Waals surface area contributed by atoms with E-state index in [-0.39, 0.29) is 23.3 Å². The average molecular weight is 514 g/mol. The van der Waals surface area contributed by atoms with Crippen LogP contribution in [0.25, 0.3) is 11.1 Å². The Morgan fingerprint density at radius 1 is 1.11 bits per heavy atom. The van der Waals surface area contributed by atoms with Gasteiger partial charge in [0.15, 0.2) is 0 Å². The van der Waals surface area contributed by atoms with Gasteiger partial charge in [-0.1, -0.05) is 0 Å². The first-order valence-electron chi connectivity index (χ1n) is 11.4. The van der Waals surface area contributed by atoms with Gasteiger partial charge < -0.3 is 20.3 Å². The number of piperidine rings is 1. The van der Waals surface area contributed by atoms with Crippen LogP contribution in [0.4, 0.5) is 14.5 Å². The van der Waals surface area contributed by atoms with E-state index in [0.717, 1.165) is 31.6 Å². The molecular formula is C25H22ClF2N5O3. The Morgan fingerprint density at radius 3 is 2.56 bits per heavy atom. The number of nitrogens with zero attached hydrogens (tertiary/aromatic N) is 3. The molecule has 0 bridgehead atoms. The maximum absolute atomic E-state index is 13.1. The van der Waals surface area contributed by atoms with Crippen LogP contribution >= 0.6 is 11.6 Å². The maximum Gasteiger partial charge on any atom is 0.487 e. The van der Waals surface area contributed by atoms with E-state index >= 15 is 0 Å². The summed E-state index contributed by atoms with van der Waals surface area (Å²) in [5.41, 5.74) is -0.519. The number of anilines is 1. The van der Waals surface area contributed by atoms with Crippen molar-refractivity contribution in [3.63, 3.8) is 0 Å². The lowest BCUT2D eigenvalue weighted by Gasteiger charge is -2.31. The average Bonchev–Trinajstić information content (AvgIpc) is 3.20. The van der Waals surface area contributed by atoms with Crippen LogP contribution in [-0.4, -0.2) is 51.4 Å². The minimum atomic E-state index is -3.82. The van der Waals surface area contributed by atoms with E-state index in [2.05, 4.69) is 25.3 Å². The van der Waals surface area contributed by atoms with Crippen LogP contribution in [0.2, 0.25) is 0 Å².